The summed E-state index contributed by atoms with van der Waals surface area (Å²) in [5.74, 6) is -0.384. The molecule has 1 heterocycles. The van der Waals surface area contributed by atoms with Gasteiger partial charge in [0.1, 0.15) is 5.82 Å². The molecule has 0 radical (unpaired) electrons. The summed E-state index contributed by atoms with van der Waals surface area (Å²) in [6.45, 7) is 0. The van der Waals surface area contributed by atoms with E-state index in [0.717, 1.165) is 24.8 Å². The van der Waals surface area contributed by atoms with Crippen LogP contribution >= 0.6 is 0 Å². The van der Waals surface area contributed by atoms with E-state index in [0.29, 0.717) is 5.69 Å². The number of hydrogen-bond donors (Lipinski definition) is 1. The van der Waals surface area contributed by atoms with Crippen LogP contribution in [0.25, 0.3) is 0 Å². The molecule has 3 nitrogen and oxygen atoms in total. The zero-order valence-corrected chi connectivity index (χ0v) is 11.0. The number of nitrogens with one attached hydrogen (secondary N) is 1. The zero-order chi connectivity index (χ0) is 14.0. The molecule has 0 atom stereocenters. The molecule has 0 saturated heterocycles. The van der Waals surface area contributed by atoms with Crippen LogP contribution in [0.15, 0.2) is 48.8 Å². The van der Waals surface area contributed by atoms with E-state index in [-0.39, 0.29) is 11.7 Å². The van der Waals surface area contributed by atoms with Gasteiger partial charge in [0.2, 0.25) is 5.91 Å². The van der Waals surface area contributed by atoms with E-state index in [2.05, 4.69) is 10.3 Å². The highest BCUT2D eigenvalue weighted by molar-refractivity contribution is 5.99. The standard InChI is InChI=1S/C16H15FN2O/c17-13-5-1-4-12(10-13)16(7-3-8-16)15(20)19-14-6-2-9-18-11-14/h1-2,4-6,9-11H,3,7-8H2,(H,19,20). The molecule has 1 amide bonds. The van der Waals surface area contributed by atoms with Crippen molar-refractivity contribution in [2.45, 2.75) is 24.7 Å². The fourth-order valence-corrected chi connectivity index (χ4v) is 2.65. The van der Waals surface area contributed by atoms with Gasteiger partial charge < -0.3 is 5.32 Å². The molecular weight excluding hydrogens is 255 g/mol. The SMILES string of the molecule is O=C(Nc1cccnc1)C1(c2cccc(F)c2)CCC1. The molecule has 0 bridgehead atoms. The lowest BCUT2D eigenvalue weighted by Crippen LogP contribution is -2.46. The average molecular weight is 270 g/mol. The van der Waals surface area contributed by atoms with E-state index in [4.69, 9.17) is 0 Å². The summed E-state index contributed by atoms with van der Waals surface area (Å²) < 4.78 is 13.4. The van der Waals surface area contributed by atoms with Gasteiger partial charge in [-0.3, -0.25) is 9.78 Å². The van der Waals surface area contributed by atoms with Gasteiger partial charge in [-0.1, -0.05) is 18.6 Å². The molecule has 20 heavy (non-hydrogen) atoms. The second kappa shape index (κ2) is 5.04. The fraction of sp³-hybridized carbons (Fsp3) is 0.250. The maximum atomic E-state index is 13.4. The van der Waals surface area contributed by atoms with Crippen LogP contribution < -0.4 is 5.32 Å². The number of anilines is 1. The first kappa shape index (κ1) is 12.8. The smallest absolute Gasteiger partial charge is 0.235 e. The van der Waals surface area contributed by atoms with Gasteiger partial charge in [-0.05, 0) is 42.7 Å². The number of carbonyl (C=O) groups is 1. The highest BCUT2D eigenvalue weighted by Gasteiger charge is 2.45. The Labute approximate surface area is 116 Å². The van der Waals surface area contributed by atoms with Crippen LogP contribution in [0.1, 0.15) is 24.8 Å². The van der Waals surface area contributed by atoms with Gasteiger partial charge in [0, 0.05) is 6.20 Å². The molecule has 2 aromatic rings. The Morgan fingerprint density at radius 3 is 2.70 bits per heavy atom. The fourth-order valence-electron chi connectivity index (χ4n) is 2.65. The highest BCUT2D eigenvalue weighted by Crippen LogP contribution is 2.44. The number of amides is 1. The minimum absolute atomic E-state index is 0.0812. The number of carbonyl (C=O) groups excluding carboxylic acids is 1. The summed E-state index contributed by atoms with van der Waals surface area (Å²) in [6, 6.07) is 9.90. The van der Waals surface area contributed by atoms with Crippen LogP contribution in [-0.2, 0) is 10.2 Å². The van der Waals surface area contributed by atoms with Crippen molar-refractivity contribution in [1.82, 2.24) is 4.98 Å². The third-order valence-electron chi connectivity index (χ3n) is 3.94. The van der Waals surface area contributed by atoms with Crippen molar-refractivity contribution in [3.05, 3.63) is 60.2 Å². The van der Waals surface area contributed by atoms with Crippen molar-refractivity contribution < 1.29 is 9.18 Å². The monoisotopic (exact) mass is 270 g/mol. The van der Waals surface area contributed by atoms with Gasteiger partial charge in [0.25, 0.3) is 0 Å². The third kappa shape index (κ3) is 2.18. The number of benzene rings is 1. The van der Waals surface area contributed by atoms with Crippen LogP contribution in [0.3, 0.4) is 0 Å². The van der Waals surface area contributed by atoms with Crippen LogP contribution in [-0.4, -0.2) is 10.9 Å². The average Bonchev–Trinajstić information content (AvgIpc) is 2.38. The van der Waals surface area contributed by atoms with Crippen LogP contribution in [0, 0.1) is 5.82 Å². The molecule has 4 heteroatoms. The van der Waals surface area contributed by atoms with Gasteiger partial charge in [-0.2, -0.15) is 0 Å². The normalized spacial score (nSPS) is 16.2. The van der Waals surface area contributed by atoms with E-state index >= 15 is 0 Å². The van der Waals surface area contributed by atoms with Gasteiger partial charge in [-0.25, -0.2) is 4.39 Å². The lowest BCUT2D eigenvalue weighted by atomic mass is 9.63. The topological polar surface area (TPSA) is 42.0 Å². The van der Waals surface area contributed by atoms with Crippen molar-refractivity contribution in [2.24, 2.45) is 0 Å². The van der Waals surface area contributed by atoms with Gasteiger partial charge in [-0.15, -0.1) is 0 Å². The summed E-state index contributed by atoms with van der Waals surface area (Å²) in [5.41, 5.74) is 0.822. The van der Waals surface area contributed by atoms with E-state index < -0.39 is 5.41 Å². The van der Waals surface area contributed by atoms with Crippen LogP contribution in [0.2, 0.25) is 0 Å². The number of pyridine rings is 1. The molecule has 1 aromatic heterocycles. The molecule has 0 spiro atoms. The van der Waals surface area contributed by atoms with E-state index in [9.17, 15) is 9.18 Å². The van der Waals surface area contributed by atoms with E-state index in [1.54, 1.807) is 30.6 Å². The van der Waals surface area contributed by atoms with Crippen molar-refractivity contribution in [3.8, 4) is 0 Å². The summed E-state index contributed by atoms with van der Waals surface area (Å²) in [5, 5.41) is 2.88. The Morgan fingerprint density at radius 2 is 2.10 bits per heavy atom. The Hall–Kier alpha value is -2.23. The maximum Gasteiger partial charge on any atom is 0.235 e. The number of rotatable bonds is 3. The van der Waals surface area contributed by atoms with Gasteiger partial charge >= 0.3 is 0 Å². The quantitative estimate of drug-likeness (QED) is 0.930. The molecule has 1 N–H and O–H groups in total. The lowest BCUT2D eigenvalue weighted by molar-refractivity contribution is -0.124. The van der Waals surface area contributed by atoms with Crippen molar-refractivity contribution in [1.29, 1.82) is 0 Å². The number of nitrogens with zero attached hydrogens (tertiary/aromatic N) is 1. The van der Waals surface area contributed by atoms with Crippen LogP contribution in [0.4, 0.5) is 10.1 Å². The van der Waals surface area contributed by atoms with Crippen molar-refractivity contribution in [2.75, 3.05) is 5.32 Å². The van der Waals surface area contributed by atoms with Crippen LogP contribution in [0.5, 0.6) is 0 Å². The summed E-state index contributed by atoms with van der Waals surface area (Å²) >= 11 is 0. The maximum absolute atomic E-state index is 13.4. The van der Waals surface area contributed by atoms with Gasteiger partial charge in [0.05, 0.1) is 17.3 Å². The molecule has 1 aromatic carbocycles. The summed E-state index contributed by atoms with van der Waals surface area (Å²) in [6.07, 6.45) is 5.75. The lowest BCUT2D eigenvalue weighted by Gasteiger charge is -2.40. The minimum Gasteiger partial charge on any atom is -0.324 e. The molecule has 1 aliphatic carbocycles. The summed E-state index contributed by atoms with van der Waals surface area (Å²) in [7, 11) is 0. The molecule has 1 saturated carbocycles. The van der Waals surface area contributed by atoms with Gasteiger partial charge in [0.15, 0.2) is 0 Å². The largest absolute Gasteiger partial charge is 0.324 e. The number of halogens is 1. The Balaban J connectivity index is 1.87. The third-order valence-corrected chi connectivity index (χ3v) is 3.94. The summed E-state index contributed by atoms with van der Waals surface area (Å²) in [4.78, 5) is 16.5. The highest BCUT2D eigenvalue weighted by atomic mass is 19.1. The van der Waals surface area contributed by atoms with Crippen molar-refractivity contribution in [3.63, 3.8) is 0 Å². The first-order valence-corrected chi connectivity index (χ1v) is 6.68. The predicted molar refractivity (Wildman–Crippen MR) is 74.8 cm³/mol. The van der Waals surface area contributed by atoms with E-state index in [1.165, 1.54) is 12.1 Å². The minimum atomic E-state index is -0.599. The molecule has 0 unspecified atom stereocenters. The molecule has 102 valence electrons. The molecular formula is C16H15FN2O. The van der Waals surface area contributed by atoms with E-state index in [1.807, 2.05) is 6.07 Å². The molecule has 0 aliphatic heterocycles. The molecule has 1 aliphatic rings. The first-order chi connectivity index (χ1) is 9.71. The zero-order valence-electron chi connectivity index (χ0n) is 11.0. The number of aromatic nitrogens is 1. The van der Waals surface area contributed by atoms with Crippen molar-refractivity contribution >= 4 is 11.6 Å². The second-order valence-corrected chi connectivity index (χ2v) is 5.14. The number of hydrogen-bond acceptors (Lipinski definition) is 2. The Kier molecular flexibility index (Phi) is 3.22. The second-order valence-electron chi connectivity index (χ2n) is 5.14. The molecule has 3 rings (SSSR count). The predicted octanol–water partition coefficient (Wildman–Crippen LogP) is 3.28. The first-order valence-electron chi connectivity index (χ1n) is 6.68. The Bertz CT molecular complexity index is 623. The Morgan fingerprint density at radius 1 is 1.25 bits per heavy atom. The molecule has 1 fully saturated rings.